The SMILES string of the molecule is O=C(COc1ccccc1Cl)Nc1onc2c1CCCC2. The number of aromatic nitrogens is 1. The largest absolute Gasteiger partial charge is 0.482 e. The average Bonchev–Trinajstić information content (AvgIpc) is 2.90. The van der Waals surface area contributed by atoms with Crippen molar-refractivity contribution in [2.24, 2.45) is 0 Å². The molecule has 1 N–H and O–H groups in total. The molecule has 0 atom stereocenters. The molecule has 3 rings (SSSR count). The summed E-state index contributed by atoms with van der Waals surface area (Å²) < 4.78 is 10.6. The number of ether oxygens (including phenoxy) is 1. The monoisotopic (exact) mass is 306 g/mol. The van der Waals surface area contributed by atoms with Crippen molar-refractivity contribution in [2.75, 3.05) is 11.9 Å². The molecule has 2 aromatic rings. The van der Waals surface area contributed by atoms with E-state index in [4.69, 9.17) is 20.9 Å². The molecule has 0 saturated carbocycles. The van der Waals surface area contributed by atoms with Gasteiger partial charge in [0, 0.05) is 5.56 Å². The molecule has 21 heavy (non-hydrogen) atoms. The number of rotatable bonds is 4. The lowest BCUT2D eigenvalue weighted by Crippen LogP contribution is -2.21. The van der Waals surface area contributed by atoms with Crippen LogP contribution in [0.3, 0.4) is 0 Å². The highest BCUT2D eigenvalue weighted by Crippen LogP contribution is 2.27. The molecule has 0 spiro atoms. The van der Waals surface area contributed by atoms with Crippen molar-refractivity contribution in [1.29, 1.82) is 0 Å². The van der Waals surface area contributed by atoms with Crippen LogP contribution in [0, 0.1) is 0 Å². The number of amides is 1. The molecule has 0 fully saturated rings. The van der Waals surface area contributed by atoms with Crippen molar-refractivity contribution < 1.29 is 14.1 Å². The van der Waals surface area contributed by atoms with Crippen LogP contribution >= 0.6 is 11.6 Å². The van der Waals surface area contributed by atoms with Gasteiger partial charge < -0.3 is 9.26 Å². The summed E-state index contributed by atoms with van der Waals surface area (Å²) in [6.45, 7) is -0.126. The number of carbonyl (C=O) groups excluding carboxylic acids is 1. The van der Waals surface area contributed by atoms with Crippen LogP contribution in [0.4, 0.5) is 5.88 Å². The minimum Gasteiger partial charge on any atom is -0.482 e. The fourth-order valence-electron chi connectivity index (χ4n) is 2.36. The lowest BCUT2D eigenvalue weighted by molar-refractivity contribution is -0.118. The number of anilines is 1. The molecule has 6 heteroatoms. The number of aryl methyl sites for hydroxylation is 1. The van der Waals surface area contributed by atoms with E-state index in [9.17, 15) is 4.79 Å². The molecular weight excluding hydrogens is 292 g/mol. The van der Waals surface area contributed by atoms with Crippen LogP contribution in [-0.4, -0.2) is 17.7 Å². The maximum atomic E-state index is 11.9. The summed E-state index contributed by atoms with van der Waals surface area (Å²) in [6.07, 6.45) is 4.00. The second-order valence-corrected chi connectivity index (χ2v) is 5.32. The van der Waals surface area contributed by atoms with Crippen molar-refractivity contribution in [1.82, 2.24) is 5.16 Å². The molecule has 0 saturated heterocycles. The minimum absolute atomic E-state index is 0.126. The van der Waals surface area contributed by atoms with Gasteiger partial charge in [-0.15, -0.1) is 0 Å². The van der Waals surface area contributed by atoms with E-state index < -0.39 is 0 Å². The van der Waals surface area contributed by atoms with E-state index in [1.807, 2.05) is 0 Å². The van der Waals surface area contributed by atoms with Crippen LogP contribution in [0.15, 0.2) is 28.8 Å². The van der Waals surface area contributed by atoms with Crippen LogP contribution in [0.5, 0.6) is 5.75 Å². The first-order valence-electron chi connectivity index (χ1n) is 6.88. The van der Waals surface area contributed by atoms with Crippen LogP contribution < -0.4 is 10.1 Å². The first kappa shape index (κ1) is 13.9. The second kappa shape index (κ2) is 6.18. The van der Waals surface area contributed by atoms with Crippen molar-refractivity contribution in [3.63, 3.8) is 0 Å². The fraction of sp³-hybridized carbons (Fsp3) is 0.333. The molecule has 110 valence electrons. The molecule has 1 aliphatic carbocycles. The standard InChI is InChI=1S/C15H15ClN2O3/c16-11-6-2-4-8-13(11)20-9-14(19)17-15-10-5-1-3-7-12(10)18-21-15/h2,4,6,8H,1,3,5,7,9H2,(H,17,19). The number of hydrogen-bond donors (Lipinski definition) is 1. The molecule has 0 radical (unpaired) electrons. The lowest BCUT2D eigenvalue weighted by atomic mass is 9.98. The maximum absolute atomic E-state index is 11.9. The van der Waals surface area contributed by atoms with Gasteiger partial charge in [0.1, 0.15) is 5.75 Å². The van der Waals surface area contributed by atoms with Crippen molar-refractivity contribution >= 4 is 23.4 Å². The van der Waals surface area contributed by atoms with E-state index in [-0.39, 0.29) is 12.5 Å². The van der Waals surface area contributed by atoms with Gasteiger partial charge >= 0.3 is 0 Å². The van der Waals surface area contributed by atoms with Gasteiger partial charge in [0.05, 0.1) is 10.7 Å². The lowest BCUT2D eigenvalue weighted by Gasteiger charge is -2.10. The summed E-state index contributed by atoms with van der Waals surface area (Å²) >= 11 is 5.96. The molecule has 1 heterocycles. The Balaban J connectivity index is 1.60. The zero-order valence-corrected chi connectivity index (χ0v) is 12.2. The van der Waals surface area contributed by atoms with Gasteiger partial charge in [-0.05, 0) is 37.8 Å². The van der Waals surface area contributed by atoms with E-state index in [2.05, 4.69) is 10.5 Å². The Kier molecular flexibility index (Phi) is 4.10. The number of nitrogens with zero attached hydrogens (tertiary/aromatic N) is 1. The third kappa shape index (κ3) is 3.19. The Morgan fingerprint density at radius 2 is 2.14 bits per heavy atom. The number of nitrogens with one attached hydrogen (secondary N) is 1. The van der Waals surface area contributed by atoms with Gasteiger partial charge in [-0.3, -0.25) is 10.1 Å². The number of hydrogen-bond acceptors (Lipinski definition) is 4. The van der Waals surface area contributed by atoms with E-state index in [1.54, 1.807) is 24.3 Å². The molecule has 0 aliphatic heterocycles. The number of benzene rings is 1. The summed E-state index contributed by atoms with van der Waals surface area (Å²) in [5.74, 6) is 0.630. The highest BCUT2D eigenvalue weighted by Gasteiger charge is 2.20. The molecule has 5 nitrogen and oxygen atoms in total. The third-order valence-corrected chi connectivity index (χ3v) is 3.72. The van der Waals surface area contributed by atoms with Gasteiger partial charge in [0.25, 0.3) is 5.91 Å². The number of fused-ring (bicyclic) bond motifs is 1. The Bertz CT molecular complexity index is 654. The Morgan fingerprint density at radius 1 is 1.33 bits per heavy atom. The van der Waals surface area contributed by atoms with Gasteiger partial charge in [0.15, 0.2) is 6.61 Å². The number of halogens is 1. The summed E-state index contributed by atoms with van der Waals surface area (Å²) in [4.78, 5) is 11.9. The normalized spacial score (nSPS) is 13.6. The number of carbonyl (C=O) groups is 1. The molecule has 1 aromatic carbocycles. The summed E-state index contributed by atoms with van der Waals surface area (Å²) in [6, 6.07) is 7.02. The molecular formula is C15H15ClN2O3. The highest BCUT2D eigenvalue weighted by atomic mass is 35.5. The molecule has 1 aromatic heterocycles. The van der Waals surface area contributed by atoms with Crippen molar-refractivity contribution in [2.45, 2.75) is 25.7 Å². The molecule has 1 aliphatic rings. The van der Waals surface area contributed by atoms with Gasteiger partial charge in [-0.1, -0.05) is 28.9 Å². The smallest absolute Gasteiger partial charge is 0.264 e. The zero-order chi connectivity index (χ0) is 14.7. The average molecular weight is 307 g/mol. The van der Waals surface area contributed by atoms with E-state index in [0.717, 1.165) is 36.9 Å². The topological polar surface area (TPSA) is 64.4 Å². The third-order valence-electron chi connectivity index (χ3n) is 3.41. The van der Waals surface area contributed by atoms with Crippen LogP contribution in [0.1, 0.15) is 24.1 Å². The van der Waals surface area contributed by atoms with Crippen molar-refractivity contribution in [3.05, 3.63) is 40.5 Å². The fourth-order valence-corrected chi connectivity index (χ4v) is 2.55. The first-order chi connectivity index (χ1) is 10.2. The summed E-state index contributed by atoms with van der Waals surface area (Å²) in [5.41, 5.74) is 1.95. The predicted octanol–water partition coefficient (Wildman–Crippen LogP) is 3.22. The minimum atomic E-state index is -0.292. The van der Waals surface area contributed by atoms with E-state index in [1.165, 1.54) is 0 Å². The van der Waals surface area contributed by atoms with Crippen LogP contribution in [-0.2, 0) is 17.6 Å². The Hall–Kier alpha value is -2.01. The van der Waals surface area contributed by atoms with Crippen LogP contribution in [0.2, 0.25) is 5.02 Å². The maximum Gasteiger partial charge on any atom is 0.264 e. The van der Waals surface area contributed by atoms with Gasteiger partial charge in [-0.25, -0.2) is 0 Å². The Morgan fingerprint density at radius 3 is 3.00 bits per heavy atom. The molecule has 0 unspecified atom stereocenters. The van der Waals surface area contributed by atoms with Gasteiger partial charge in [-0.2, -0.15) is 0 Å². The zero-order valence-electron chi connectivity index (χ0n) is 11.4. The highest BCUT2D eigenvalue weighted by molar-refractivity contribution is 6.32. The predicted molar refractivity (Wildman–Crippen MR) is 78.7 cm³/mol. The second-order valence-electron chi connectivity index (χ2n) is 4.91. The number of para-hydroxylation sites is 1. The van der Waals surface area contributed by atoms with E-state index in [0.29, 0.717) is 16.7 Å². The summed E-state index contributed by atoms with van der Waals surface area (Å²) in [7, 11) is 0. The Labute approximate surface area is 127 Å². The van der Waals surface area contributed by atoms with Crippen LogP contribution in [0.25, 0.3) is 0 Å². The van der Waals surface area contributed by atoms with Crippen molar-refractivity contribution in [3.8, 4) is 5.75 Å². The quantitative estimate of drug-likeness (QED) is 0.942. The molecule has 1 amide bonds. The first-order valence-corrected chi connectivity index (χ1v) is 7.26. The van der Waals surface area contributed by atoms with E-state index >= 15 is 0 Å². The summed E-state index contributed by atoms with van der Waals surface area (Å²) in [5, 5.41) is 7.17. The van der Waals surface area contributed by atoms with Gasteiger partial charge in [0.2, 0.25) is 5.88 Å². The molecule has 0 bridgehead atoms.